The Morgan fingerprint density at radius 1 is 1.29 bits per heavy atom. The van der Waals surface area contributed by atoms with E-state index in [1.165, 1.54) is 12.8 Å². The van der Waals surface area contributed by atoms with Gasteiger partial charge in [-0.3, -0.25) is 0 Å². The van der Waals surface area contributed by atoms with Gasteiger partial charge in [0.25, 0.3) is 0 Å². The molecule has 3 rings (SSSR count). The first-order valence-corrected chi connectivity index (χ1v) is 6.19. The third kappa shape index (κ3) is 2.09. The molecule has 0 heterocycles. The highest BCUT2D eigenvalue weighted by atomic mass is 35.5. The normalized spacial score (nSPS) is 22.2. The monoisotopic (exact) mass is 248 g/mol. The number of rotatable bonds is 3. The highest BCUT2D eigenvalue weighted by Gasteiger charge is 2.60. The fourth-order valence-electron chi connectivity index (χ4n) is 2.14. The summed E-state index contributed by atoms with van der Waals surface area (Å²) in [6.45, 7) is 0.288. The summed E-state index contributed by atoms with van der Waals surface area (Å²) >= 11 is 6.02. The highest BCUT2D eigenvalue weighted by molar-refractivity contribution is 6.42. The number of hydrogen-bond acceptors (Lipinski definition) is 2. The molecule has 1 spiro atoms. The molecule has 2 saturated carbocycles. The predicted molar refractivity (Wildman–Crippen MR) is 65.4 cm³/mol. The average molecular weight is 249 g/mol. The van der Waals surface area contributed by atoms with Gasteiger partial charge >= 0.3 is 5.97 Å². The van der Waals surface area contributed by atoms with Crippen molar-refractivity contribution in [1.29, 1.82) is 0 Å². The lowest BCUT2D eigenvalue weighted by molar-refractivity contribution is -0.139. The minimum Gasteiger partial charge on any atom is -0.457 e. The second-order valence-electron chi connectivity index (χ2n) is 4.81. The Bertz CT molecular complexity index is 486. The van der Waals surface area contributed by atoms with E-state index in [9.17, 15) is 4.79 Å². The van der Waals surface area contributed by atoms with Crippen LogP contribution in [-0.4, -0.2) is 5.97 Å². The van der Waals surface area contributed by atoms with Gasteiger partial charge in [0.05, 0.1) is 0 Å². The van der Waals surface area contributed by atoms with Gasteiger partial charge in [0.1, 0.15) is 11.6 Å². The number of allylic oxidation sites excluding steroid dienone is 1. The van der Waals surface area contributed by atoms with Crippen LogP contribution in [0.4, 0.5) is 0 Å². The zero-order valence-corrected chi connectivity index (χ0v) is 10.2. The zero-order chi connectivity index (χ0) is 11.9. The van der Waals surface area contributed by atoms with Crippen molar-refractivity contribution < 1.29 is 9.53 Å². The molecule has 0 atom stereocenters. The molecule has 2 fully saturated rings. The maximum atomic E-state index is 11.7. The van der Waals surface area contributed by atoms with E-state index in [0.717, 1.165) is 17.6 Å². The van der Waals surface area contributed by atoms with Crippen LogP contribution in [0.25, 0.3) is 0 Å². The Morgan fingerprint density at radius 2 is 2.00 bits per heavy atom. The molecule has 1 aromatic rings. The van der Waals surface area contributed by atoms with Crippen LogP contribution < -0.4 is 0 Å². The van der Waals surface area contributed by atoms with Crippen molar-refractivity contribution in [3.8, 4) is 0 Å². The quantitative estimate of drug-likeness (QED) is 0.605. The van der Waals surface area contributed by atoms with Crippen LogP contribution in [0.5, 0.6) is 0 Å². The summed E-state index contributed by atoms with van der Waals surface area (Å²) in [7, 11) is 0. The summed E-state index contributed by atoms with van der Waals surface area (Å²) < 4.78 is 5.18. The lowest BCUT2D eigenvalue weighted by atomic mass is 10.2. The van der Waals surface area contributed by atoms with Crippen molar-refractivity contribution in [1.82, 2.24) is 0 Å². The lowest BCUT2D eigenvalue weighted by Gasteiger charge is -2.03. The van der Waals surface area contributed by atoms with Gasteiger partial charge in [-0.1, -0.05) is 41.9 Å². The second-order valence-corrected chi connectivity index (χ2v) is 5.19. The molecule has 0 N–H and O–H groups in total. The average Bonchev–Trinajstić information content (AvgIpc) is 3.28. The number of ether oxygens (including phenoxy) is 1. The van der Waals surface area contributed by atoms with Gasteiger partial charge in [-0.2, -0.15) is 0 Å². The summed E-state index contributed by atoms with van der Waals surface area (Å²) in [5.41, 5.74) is 2.41. The topological polar surface area (TPSA) is 26.3 Å². The zero-order valence-electron chi connectivity index (χ0n) is 9.41. The molecule has 0 aliphatic heterocycles. The molecule has 0 aromatic heterocycles. The second kappa shape index (κ2) is 3.88. The fourth-order valence-corrected chi connectivity index (χ4v) is 2.47. The first-order valence-electron chi connectivity index (χ1n) is 5.81. The molecule has 0 amide bonds. The predicted octanol–water partition coefficient (Wildman–Crippen LogP) is 3.41. The summed E-state index contributed by atoms with van der Waals surface area (Å²) in [6.07, 6.45) is 3.36. The third-order valence-corrected chi connectivity index (χ3v) is 3.92. The minimum atomic E-state index is -0.380. The van der Waals surface area contributed by atoms with Crippen LogP contribution in [0.2, 0.25) is 0 Å². The van der Waals surface area contributed by atoms with Crippen LogP contribution in [-0.2, 0) is 16.1 Å². The fraction of sp³-hybridized carbons (Fsp3) is 0.357. The number of esters is 1. The molecule has 3 heteroatoms. The molecule has 2 nitrogen and oxygen atoms in total. The van der Waals surface area contributed by atoms with E-state index >= 15 is 0 Å². The van der Waals surface area contributed by atoms with E-state index in [1.807, 2.05) is 30.3 Å². The van der Waals surface area contributed by atoms with Crippen molar-refractivity contribution in [2.45, 2.75) is 25.9 Å². The van der Waals surface area contributed by atoms with E-state index in [4.69, 9.17) is 16.3 Å². The maximum absolute atomic E-state index is 11.7. The molecule has 17 heavy (non-hydrogen) atoms. The van der Waals surface area contributed by atoms with Crippen LogP contribution >= 0.6 is 11.6 Å². The molecule has 0 radical (unpaired) electrons. The summed E-state index contributed by atoms with van der Waals surface area (Å²) in [5, 5.41) is 0.318. The van der Waals surface area contributed by atoms with Gasteiger partial charge in [-0.25, -0.2) is 4.79 Å². The Balaban J connectivity index is 1.60. The summed E-state index contributed by atoms with van der Waals surface area (Å²) in [4.78, 5) is 11.7. The Hall–Kier alpha value is -1.28. The van der Waals surface area contributed by atoms with Crippen molar-refractivity contribution in [3.63, 3.8) is 0 Å². The number of carbonyl (C=O) groups is 1. The van der Waals surface area contributed by atoms with Crippen LogP contribution in [0.1, 0.15) is 24.8 Å². The molecule has 0 saturated heterocycles. The minimum absolute atomic E-state index is 0.288. The molecule has 0 unspecified atom stereocenters. The molecule has 88 valence electrons. The van der Waals surface area contributed by atoms with E-state index < -0.39 is 0 Å². The molecule has 1 aromatic carbocycles. The molecular formula is C14H13ClO2. The molecular weight excluding hydrogens is 236 g/mol. The van der Waals surface area contributed by atoms with E-state index in [0.29, 0.717) is 10.4 Å². The lowest BCUT2D eigenvalue weighted by Crippen LogP contribution is -2.04. The first kappa shape index (κ1) is 10.8. The SMILES string of the molecule is O=C(OCc1ccccc1)/C(Cl)=C1/CC12CC2. The Morgan fingerprint density at radius 3 is 2.59 bits per heavy atom. The van der Waals surface area contributed by atoms with Gasteiger partial charge in [-0.15, -0.1) is 0 Å². The van der Waals surface area contributed by atoms with Crippen molar-refractivity contribution in [3.05, 3.63) is 46.5 Å². The van der Waals surface area contributed by atoms with E-state index in [2.05, 4.69) is 0 Å². The van der Waals surface area contributed by atoms with E-state index in [1.54, 1.807) is 0 Å². The summed E-state index contributed by atoms with van der Waals surface area (Å²) in [6, 6.07) is 9.62. The van der Waals surface area contributed by atoms with Gasteiger partial charge in [0.15, 0.2) is 0 Å². The van der Waals surface area contributed by atoms with Crippen molar-refractivity contribution in [2.75, 3.05) is 0 Å². The maximum Gasteiger partial charge on any atom is 0.350 e. The molecule has 2 aliphatic carbocycles. The first-order chi connectivity index (χ1) is 8.21. The summed E-state index contributed by atoms with van der Waals surface area (Å²) in [5.74, 6) is -0.380. The third-order valence-electron chi connectivity index (χ3n) is 3.54. The van der Waals surface area contributed by atoms with Crippen LogP contribution in [0.15, 0.2) is 40.9 Å². The molecule has 2 aliphatic rings. The van der Waals surface area contributed by atoms with Crippen LogP contribution in [0.3, 0.4) is 0 Å². The highest BCUT2D eigenvalue weighted by Crippen LogP contribution is 2.71. The number of hydrogen-bond donors (Lipinski definition) is 0. The number of halogens is 1. The van der Waals surface area contributed by atoms with E-state index in [-0.39, 0.29) is 12.6 Å². The van der Waals surface area contributed by atoms with Gasteiger partial charge in [-0.05, 0) is 35.8 Å². The van der Waals surface area contributed by atoms with Gasteiger partial charge < -0.3 is 4.74 Å². The number of benzene rings is 1. The van der Waals surface area contributed by atoms with Gasteiger partial charge in [0.2, 0.25) is 0 Å². The number of carbonyl (C=O) groups excluding carboxylic acids is 1. The van der Waals surface area contributed by atoms with Crippen LogP contribution in [0, 0.1) is 5.41 Å². The van der Waals surface area contributed by atoms with Crippen molar-refractivity contribution in [2.24, 2.45) is 5.41 Å². The van der Waals surface area contributed by atoms with Gasteiger partial charge in [0, 0.05) is 0 Å². The largest absolute Gasteiger partial charge is 0.457 e. The molecule has 0 bridgehead atoms. The Labute approximate surface area is 105 Å². The smallest absolute Gasteiger partial charge is 0.350 e. The standard InChI is InChI=1S/C14H13ClO2/c15-12(11-8-14(11)6-7-14)13(16)17-9-10-4-2-1-3-5-10/h1-5H,6-9H2/b12-11+. The Kier molecular flexibility index (Phi) is 2.48. The van der Waals surface area contributed by atoms with Crippen molar-refractivity contribution >= 4 is 17.6 Å².